The Balaban J connectivity index is 2.09. The Morgan fingerprint density at radius 2 is 1.68 bits per heavy atom. The van der Waals surface area contributed by atoms with Crippen LogP contribution in [0.25, 0.3) is 16.9 Å². The van der Waals surface area contributed by atoms with Crippen molar-refractivity contribution in [1.29, 1.82) is 0 Å². The largest absolute Gasteiger partial charge is 0.456 e. The molecule has 0 amide bonds. The van der Waals surface area contributed by atoms with Crippen molar-refractivity contribution in [1.82, 2.24) is 9.78 Å². The molecule has 5 nitrogen and oxygen atoms in total. The zero-order chi connectivity index (χ0) is 18.0. The molecule has 0 saturated heterocycles. The predicted molar refractivity (Wildman–Crippen MR) is 98.6 cm³/mol. The number of carbonyl (C=O) groups excluding carboxylic acids is 1. The molecule has 0 fully saturated rings. The van der Waals surface area contributed by atoms with Gasteiger partial charge in [0.15, 0.2) is 0 Å². The summed E-state index contributed by atoms with van der Waals surface area (Å²) in [7, 11) is 0. The Bertz CT molecular complexity index is 876. The summed E-state index contributed by atoms with van der Waals surface area (Å²) >= 11 is 0. The Labute approximate surface area is 147 Å². The van der Waals surface area contributed by atoms with E-state index >= 15 is 0 Å². The molecule has 3 aromatic rings. The van der Waals surface area contributed by atoms with E-state index in [4.69, 9.17) is 10.5 Å². The van der Waals surface area contributed by atoms with Crippen LogP contribution in [0.4, 0.5) is 5.69 Å². The minimum absolute atomic E-state index is 0.401. The second kappa shape index (κ2) is 6.43. The molecule has 0 aliphatic rings. The van der Waals surface area contributed by atoms with E-state index in [0.717, 1.165) is 11.3 Å². The lowest BCUT2D eigenvalue weighted by Gasteiger charge is -2.19. The van der Waals surface area contributed by atoms with Crippen LogP contribution in [-0.4, -0.2) is 21.4 Å². The number of ether oxygens (including phenoxy) is 1. The lowest BCUT2D eigenvalue weighted by molar-refractivity contribution is 0.00704. The number of benzene rings is 2. The molecule has 5 heteroatoms. The number of hydrogen-bond donors (Lipinski definition) is 1. The van der Waals surface area contributed by atoms with E-state index < -0.39 is 11.6 Å². The molecule has 2 aromatic carbocycles. The number of anilines is 1. The molecule has 2 N–H and O–H groups in total. The molecular weight excluding hydrogens is 314 g/mol. The highest BCUT2D eigenvalue weighted by molar-refractivity contribution is 5.96. The molecular formula is C20H21N3O2. The molecule has 0 bridgehead atoms. The number of rotatable bonds is 3. The van der Waals surface area contributed by atoms with Gasteiger partial charge in [-0.2, -0.15) is 5.10 Å². The maximum Gasteiger partial charge on any atom is 0.342 e. The second-order valence-corrected chi connectivity index (χ2v) is 6.80. The van der Waals surface area contributed by atoms with Crippen LogP contribution in [0.3, 0.4) is 0 Å². The van der Waals surface area contributed by atoms with Gasteiger partial charge in [-0.15, -0.1) is 0 Å². The van der Waals surface area contributed by atoms with E-state index in [1.54, 1.807) is 23.0 Å². The number of nitrogens with two attached hydrogens (primary N) is 1. The predicted octanol–water partition coefficient (Wildman–Crippen LogP) is 4.08. The lowest BCUT2D eigenvalue weighted by Crippen LogP contribution is -2.24. The molecule has 0 aliphatic carbocycles. The Kier molecular flexibility index (Phi) is 4.31. The van der Waals surface area contributed by atoms with Gasteiger partial charge < -0.3 is 10.5 Å². The van der Waals surface area contributed by atoms with Crippen molar-refractivity contribution < 1.29 is 9.53 Å². The van der Waals surface area contributed by atoms with Crippen molar-refractivity contribution in [3.8, 4) is 16.9 Å². The Morgan fingerprint density at radius 1 is 1.04 bits per heavy atom. The molecule has 25 heavy (non-hydrogen) atoms. The first-order chi connectivity index (χ1) is 11.8. The van der Waals surface area contributed by atoms with Crippen LogP contribution in [0.1, 0.15) is 31.1 Å². The van der Waals surface area contributed by atoms with E-state index in [-0.39, 0.29) is 0 Å². The number of hydrogen-bond acceptors (Lipinski definition) is 4. The lowest BCUT2D eigenvalue weighted by atomic mass is 10.1. The standard InChI is InChI=1S/C20H21N3O2/c1-20(2,3)25-19(24)17-13-23(16-7-5-4-6-8-16)22-18(17)14-9-11-15(21)12-10-14/h4-13H,21H2,1-3H3. The van der Waals surface area contributed by atoms with Crippen molar-refractivity contribution >= 4 is 11.7 Å². The summed E-state index contributed by atoms with van der Waals surface area (Å²) in [5, 5.41) is 4.61. The van der Waals surface area contributed by atoms with Gasteiger partial charge in [0, 0.05) is 17.4 Å². The smallest absolute Gasteiger partial charge is 0.342 e. The summed E-state index contributed by atoms with van der Waals surface area (Å²) < 4.78 is 7.23. The van der Waals surface area contributed by atoms with Gasteiger partial charge in [-0.3, -0.25) is 0 Å². The maximum absolute atomic E-state index is 12.7. The van der Waals surface area contributed by atoms with Crippen molar-refractivity contribution in [3.63, 3.8) is 0 Å². The molecule has 0 atom stereocenters. The first-order valence-electron chi connectivity index (χ1n) is 8.08. The highest BCUT2D eigenvalue weighted by Gasteiger charge is 2.24. The van der Waals surface area contributed by atoms with E-state index in [1.807, 2.05) is 63.2 Å². The molecule has 128 valence electrons. The summed E-state index contributed by atoms with van der Waals surface area (Å²) in [5.74, 6) is -0.401. The fourth-order valence-electron chi connectivity index (χ4n) is 2.42. The number of aromatic nitrogens is 2. The number of nitrogens with zero attached hydrogens (tertiary/aromatic N) is 2. The highest BCUT2D eigenvalue weighted by atomic mass is 16.6. The third-order valence-electron chi connectivity index (χ3n) is 3.54. The van der Waals surface area contributed by atoms with Crippen molar-refractivity contribution in [2.24, 2.45) is 0 Å². The van der Waals surface area contributed by atoms with Gasteiger partial charge in [-0.05, 0) is 45.0 Å². The molecule has 0 aliphatic heterocycles. The second-order valence-electron chi connectivity index (χ2n) is 6.80. The maximum atomic E-state index is 12.7. The van der Waals surface area contributed by atoms with Gasteiger partial charge in [-0.1, -0.05) is 30.3 Å². The number of nitrogen functional groups attached to an aromatic ring is 1. The first kappa shape index (κ1) is 16.8. The molecule has 0 unspecified atom stereocenters. The van der Waals surface area contributed by atoms with Crippen molar-refractivity contribution in [3.05, 3.63) is 66.4 Å². The summed E-state index contributed by atoms with van der Waals surface area (Å²) in [4.78, 5) is 12.7. The first-order valence-corrected chi connectivity index (χ1v) is 8.08. The highest BCUT2D eigenvalue weighted by Crippen LogP contribution is 2.26. The van der Waals surface area contributed by atoms with Gasteiger partial charge in [-0.25, -0.2) is 9.48 Å². The van der Waals surface area contributed by atoms with Crippen molar-refractivity contribution in [2.75, 3.05) is 5.73 Å². The number of para-hydroxylation sites is 1. The molecule has 0 spiro atoms. The minimum Gasteiger partial charge on any atom is -0.456 e. The third-order valence-corrected chi connectivity index (χ3v) is 3.54. The number of esters is 1. The van der Waals surface area contributed by atoms with Crippen molar-refractivity contribution in [2.45, 2.75) is 26.4 Å². The van der Waals surface area contributed by atoms with Crippen LogP contribution in [0.2, 0.25) is 0 Å². The topological polar surface area (TPSA) is 70.1 Å². The van der Waals surface area contributed by atoms with Crippen LogP contribution in [0.15, 0.2) is 60.8 Å². The van der Waals surface area contributed by atoms with Crippen LogP contribution in [0, 0.1) is 0 Å². The van der Waals surface area contributed by atoms with E-state index in [9.17, 15) is 4.79 Å². The van der Waals surface area contributed by atoms with Gasteiger partial charge in [0.25, 0.3) is 0 Å². The summed E-state index contributed by atoms with van der Waals surface area (Å²) in [6, 6.07) is 16.9. The van der Waals surface area contributed by atoms with Crippen LogP contribution >= 0.6 is 0 Å². The van der Waals surface area contributed by atoms with Gasteiger partial charge in [0.2, 0.25) is 0 Å². The van der Waals surface area contributed by atoms with Crippen LogP contribution in [0.5, 0.6) is 0 Å². The van der Waals surface area contributed by atoms with E-state index in [0.29, 0.717) is 16.9 Å². The fraction of sp³-hybridized carbons (Fsp3) is 0.200. The Morgan fingerprint density at radius 3 is 2.28 bits per heavy atom. The molecule has 0 radical (unpaired) electrons. The SMILES string of the molecule is CC(C)(C)OC(=O)c1cn(-c2ccccc2)nc1-c1ccc(N)cc1. The molecule has 1 heterocycles. The summed E-state index contributed by atoms with van der Waals surface area (Å²) in [6.07, 6.45) is 1.70. The average molecular weight is 335 g/mol. The van der Waals surface area contributed by atoms with E-state index in [2.05, 4.69) is 5.10 Å². The molecule has 3 rings (SSSR count). The zero-order valence-electron chi connectivity index (χ0n) is 14.6. The summed E-state index contributed by atoms with van der Waals surface area (Å²) in [5.41, 5.74) is 8.51. The molecule has 1 aromatic heterocycles. The quantitative estimate of drug-likeness (QED) is 0.578. The molecule has 0 saturated carbocycles. The van der Waals surface area contributed by atoms with Gasteiger partial charge >= 0.3 is 5.97 Å². The summed E-state index contributed by atoms with van der Waals surface area (Å²) in [6.45, 7) is 5.53. The van der Waals surface area contributed by atoms with E-state index in [1.165, 1.54) is 0 Å². The van der Waals surface area contributed by atoms with Crippen LogP contribution < -0.4 is 5.73 Å². The third kappa shape index (κ3) is 3.88. The Hall–Kier alpha value is -3.08. The van der Waals surface area contributed by atoms with Gasteiger partial charge in [0.1, 0.15) is 16.9 Å². The normalized spacial score (nSPS) is 11.3. The number of carbonyl (C=O) groups is 1. The monoisotopic (exact) mass is 335 g/mol. The minimum atomic E-state index is -0.579. The average Bonchev–Trinajstić information content (AvgIpc) is 3.00. The van der Waals surface area contributed by atoms with Crippen LogP contribution in [-0.2, 0) is 4.74 Å². The zero-order valence-corrected chi connectivity index (χ0v) is 14.6. The fourth-order valence-corrected chi connectivity index (χ4v) is 2.42. The van der Waals surface area contributed by atoms with Gasteiger partial charge in [0.05, 0.1) is 5.69 Å².